The fraction of sp³-hybridized carbons (Fsp3) is 0.368. The molecular weight excluding hydrogens is 292 g/mol. The standard InChI is InChI=1S/C19H20O4/c1-12-16(17-18(21-12)23-19(2,3)22-17)20-11-13-8-9-14-6-4-5-7-15(14)10-13/h4-10,16-18H,1,11H2,2-3H3/t16-,17-,18-/m1/s1. The van der Waals surface area contributed by atoms with Gasteiger partial charge in [0.2, 0.25) is 6.29 Å². The van der Waals surface area contributed by atoms with E-state index in [1.165, 1.54) is 10.8 Å². The maximum absolute atomic E-state index is 6.03. The molecule has 0 unspecified atom stereocenters. The molecule has 0 aromatic heterocycles. The van der Waals surface area contributed by atoms with Crippen molar-refractivity contribution in [3.05, 3.63) is 60.4 Å². The maximum atomic E-state index is 6.03. The number of hydrogen-bond donors (Lipinski definition) is 0. The summed E-state index contributed by atoms with van der Waals surface area (Å²) in [6, 6.07) is 14.6. The lowest BCUT2D eigenvalue weighted by atomic mass is 10.1. The Hall–Kier alpha value is -1.88. The van der Waals surface area contributed by atoms with E-state index in [9.17, 15) is 0 Å². The first-order chi connectivity index (χ1) is 11.0. The van der Waals surface area contributed by atoms with Gasteiger partial charge in [-0.25, -0.2) is 0 Å². The third-order valence-corrected chi connectivity index (χ3v) is 4.21. The van der Waals surface area contributed by atoms with E-state index < -0.39 is 12.1 Å². The van der Waals surface area contributed by atoms with Gasteiger partial charge in [0.15, 0.2) is 11.9 Å². The van der Waals surface area contributed by atoms with Crippen LogP contribution >= 0.6 is 0 Å². The molecule has 0 spiro atoms. The number of rotatable bonds is 3. The Labute approximate surface area is 135 Å². The van der Waals surface area contributed by atoms with Crippen molar-refractivity contribution in [2.45, 2.75) is 44.7 Å². The van der Waals surface area contributed by atoms with Crippen molar-refractivity contribution in [2.24, 2.45) is 0 Å². The predicted octanol–water partition coefficient (Wildman–Crippen LogP) is 3.75. The molecule has 0 N–H and O–H groups in total. The zero-order chi connectivity index (χ0) is 16.0. The first-order valence-electron chi connectivity index (χ1n) is 7.82. The molecule has 0 amide bonds. The monoisotopic (exact) mass is 312 g/mol. The van der Waals surface area contributed by atoms with Gasteiger partial charge >= 0.3 is 0 Å². The summed E-state index contributed by atoms with van der Waals surface area (Å²) < 4.78 is 23.2. The van der Waals surface area contributed by atoms with Gasteiger partial charge in [-0.2, -0.15) is 0 Å². The van der Waals surface area contributed by atoms with Crippen molar-refractivity contribution >= 4 is 10.8 Å². The minimum absolute atomic E-state index is 0.266. The van der Waals surface area contributed by atoms with E-state index in [1.807, 2.05) is 26.0 Å². The molecule has 3 atom stereocenters. The molecule has 4 rings (SSSR count). The van der Waals surface area contributed by atoms with E-state index >= 15 is 0 Å². The third kappa shape index (κ3) is 2.74. The summed E-state index contributed by atoms with van der Waals surface area (Å²) in [7, 11) is 0. The highest BCUT2D eigenvalue weighted by Gasteiger charge is 2.53. The van der Waals surface area contributed by atoms with Crippen LogP contribution in [0.1, 0.15) is 19.4 Å². The Balaban J connectivity index is 1.48. The third-order valence-electron chi connectivity index (χ3n) is 4.21. The van der Waals surface area contributed by atoms with Crippen molar-refractivity contribution in [3.63, 3.8) is 0 Å². The number of ether oxygens (including phenoxy) is 4. The molecule has 23 heavy (non-hydrogen) atoms. The fourth-order valence-electron chi connectivity index (χ4n) is 3.16. The molecule has 0 radical (unpaired) electrons. The van der Waals surface area contributed by atoms with Crippen molar-refractivity contribution < 1.29 is 18.9 Å². The van der Waals surface area contributed by atoms with Crippen LogP contribution in [-0.4, -0.2) is 24.3 Å². The molecule has 2 saturated heterocycles. The molecule has 0 saturated carbocycles. The zero-order valence-electron chi connectivity index (χ0n) is 13.3. The van der Waals surface area contributed by atoms with Gasteiger partial charge < -0.3 is 18.9 Å². The first-order valence-corrected chi connectivity index (χ1v) is 7.82. The molecule has 2 fully saturated rings. The summed E-state index contributed by atoms with van der Waals surface area (Å²) in [6.45, 7) is 8.14. The highest BCUT2D eigenvalue weighted by Crippen LogP contribution is 2.40. The van der Waals surface area contributed by atoms with E-state index in [2.05, 4.69) is 36.9 Å². The Bertz CT molecular complexity index is 752. The molecule has 4 nitrogen and oxygen atoms in total. The van der Waals surface area contributed by atoms with Crippen LogP contribution < -0.4 is 0 Å². The largest absolute Gasteiger partial charge is 0.464 e. The highest BCUT2D eigenvalue weighted by atomic mass is 16.8. The van der Waals surface area contributed by atoms with Crippen LogP contribution in [0.15, 0.2) is 54.8 Å². The van der Waals surface area contributed by atoms with Crippen LogP contribution in [0, 0.1) is 0 Å². The van der Waals surface area contributed by atoms with E-state index in [0.29, 0.717) is 12.4 Å². The second kappa shape index (κ2) is 5.34. The first kappa shape index (κ1) is 14.7. The normalized spacial score (nSPS) is 28.8. The summed E-state index contributed by atoms with van der Waals surface area (Å²) in [4.78, 5) is 0. The Morgan fingerprint density at radius 1 is 1.09 bits per heavy atom. The molecule has 2 aliphatic heterocycles. The number of benzene rings is 2. The lowest BCUT2D eigenvalue weighted by Gasteiger charge is -2.21. The van der Waals surface area contributed by atoms with Crippen LogP contribution in [0.25, 0.3) is 10.8 Å². The number of hydrogen-bond acceptors (Lipinski definition) is 4. The number of fused-ring (bicyclic) bond motifs is 2. The SMILES string of the molecule is C=C1O[C@@H]2OC(C)(C)O[C@@H]2[C@@H]1OCc1ccc2ccccc2c1. The summed E-state index contributed by atoms with van der Waals surface area (Å²) in [6.07, 6.45) is -1.01. The van der Waals surface area contributed by atoms with Gasteiger partial charge in [-0.3, -0.25) is 0 Å². The van der Waals surface area contributed by atoms with E-state index in [0.717, 1.165) is 5.56 Å². The second-order valence-corrected chi connectivity index (χ2v) is 6.47. The molecule has 0 bridgehead atoms. The second-order valence-electron chi connectivity index (χ2n) is 6.47. The molecule has 120 valence electrons. The van der Waals surface area contributed by atoms with Crippen LogP contribution in [0.3, 0.4) is 0 Å². The molecule has 2 aromatic carbocycles. The van der Waals surface area contributed by atoms with Crippen LogP contribution in [0.4, 0.5) is 0 Å². The van der Waals surface area contributed by atoms with Gasteiger partial charge in [0.1, 0.15) is 11.9 Å². The minimum atomic E-state index is -0.652. The average Bonchev–Trinajstić information content (AvgIpc) is 2.95. The Morgan fingerprint density at radius 3 is 2.70 bits per heavy atom. The smallest absolute Gasteiger partial charge is 0.231 e. The van der Waals surface area contributed by atoms with Crippen molar-refractivity contribution in [1.29, 1.82) is 0 Å². The molecule has 2 heterocycles. The van der Waals surface area contributed by atoms with Crippen molar-refractivity contribution in [3.8, 4) is 0 Å². The van der Waals surface area contributed by atoms with Gasteiger partial charge in [-0.1, -0.05) is 43.0 Å². The van der Waals surface area contributed by atoms with E-state index in [1.54, 1.807) is 0 Å². The predicted molar refractivity (Wildman–Crippen MR) is 86.6 cm³/mol. The Kier molecular flexibility index (Phi) is 3.41. The summed E-state index contributed by atoms with van der Waals surface area (Å²) in [5.41, 5.74) is 1.11. The van der Waals surface area contributed by atoms with E-state index in [-0.39, 0.29) is 12.2 Å². The van der Waals surface area contributed by atoms with Gasteiger partial charge in [-0.05, 0) is 36.2 Å². The quantitative estimate of drug-likeness (QED) is 0.865. The summed E-state index contributed by atoms with van der Waals surface area (Å²) in [5, 5.41) is 2.42. The maximum Gasteiger partial charge on any atom is 0.231 e. The zero-order valence-corrected chi connectivity index (χ0v) is 13.3. The Morgan fingerprint density at radius 2 is 1.87 bits per heavy atom. The van der Waals surface area contributed by atoms with Gasteiger partial charge in [-0.15, -0.1) is 0 Å². The summed E-state index contributed by atoms with van der Waals surface area (Å²) >= 11 is 0. The molecule has 4 heteroatoms. The van der Waals surface area contributed by atoms with Gasteiger partial charge in [0.25, 0.3) is 0 Å². The van der Waals surface area contributed by atoms with Crippen LogP contribution in [0.2, 0.25) is 0 Å². The van der Waals surface area contributed by atoms with Gasteiger partial charge in [0.05, 0.1) is 6.61 Å². The fourth-order valence-corrected chi connectivity index (χ4v) is 3.16. The van der Waals surface area contributed by atoms with Crippen molar-refractivity contribution in [1.82, 2.24) is 0 Å². The van der Waals surface area contributed by atoms with Crippen LogP contribution in [-0.2, 0) is 25.6 Å². The topological polar surface area (TPSA) is 36.9 Å². The lowest BCUT2D eigenvalue weighted by Crippen LogP contribution is -2.31. The van der Waals surface area contributed by atoms with E-state index in [4.69, 9.17) is 18.9 Å². The van der Waals surface area contributed by atoms with Crippen molar-refractivity contribution in [2.75, 3.05) is 0 Å². The minimum Gasteiger partial charge on any atom is -0.464 e. The molecule has 0 aliphatic carbocycles. The van der Waals surface area contributed by atoms with Gasteiger partial charge in [0, 0.05) is 0 Å². The molecular formula is C19H20O4. The molecule has 2 aromatic rings. The summed E-state index contributed by atoms with van der Waals surface area (Å²) in [5.74, 6) is -0.0862. The highest BCUT2D eigenvalue weighted by molar-refractivity contribution is 5.82. The lowest BCUT2D eigenvalue weighted by molar-refractivity contribution is -0.191. The molecule has 2 aliphatic rings. The average molecular weight is 312 g/mol. The van der Waals surface area contributed by atoms with Crippen LogP contribution in [0.5, 0.6) is 0 Å².